The second-order valence-corrected chi connectivity index (χ2v) is 3.62. The van der Waals surface area contributed by atoms with E-state index in [1.165, 1.54) is 6.07 Å². The number of aromatic nitrogens is 2. The number of para-hydroxylation sites is 1. The summed E-state index contributed by atoms with van der Waals surface area (Å²) in [5.74, 6) is 0.378. The van der Waals surface area contributed by atoms with Crippen LogP contribution in [0, 0.1) is 0 Å². The Balaban J connectivity index is 2.36. The molecule has 0 amide bonds. The molecule has 2 aromatic rings. The van der Waals surface area contributed by atoms with Crippen LogP contribution < -0.4 is 10.5 Å². The summed E-state index contributed by atoms with van der Waals surface area (Å²) < 4.78 is 33.8. The van der Waals surface area contributed by atoms with E-state index in [0.29, 0.717) is 11.4 Å². The number of rotatable bonds is 4. The molecule has 5 nitrogen and oxygen atoms in total. The van der Waals surface area contributed by atoms with Crippen molar-refractivity contribution in [2.75, 3.05) is 0 Å². The van der Waals surface area contributed by atoms with Gasteiger partial charge in [0.2, 0.25) is 0 Å². The fourth-order valence-corrected chi connectivity index (χ4v) is 1.37. The second kappa shape index (κ2) is 5.09. The zero-order chi connectivity index (χ0) is 13.1. The molecule has 1 unspecified atom stereocenters. The number of hydrogen-bond acceptors (Lipinski definition) is 5. The van der Waals surface area contributed by atoms with Crippen molar-refractivity contribution in [3.63, 3.8) is 0 Å². The molecule has 0 saturated heterocycles. The number of nitrogens with zero attached hydrogens (tertiary/aromatic N) is 2. The molecule has 7 heteroatoms. The van der Waals surface area contributed by atoms with Crippen LogP contribution in [0.1, 0.15) is 18.8 Å². The van der Waals surface area contributed by atoms with Gasteiger partial charge in [-0.3, -0.25) is 0 Å². The van der Waals surface area contributed by atoms with Gasteiger partial charge in [-0.05, 0) is 19.1 Å². The number of hydrogen-bond donors (Lipinski definition) is 1. The van der Waals surface area contributed by atoms with E-state index in [-0.39, 0.29) is 11.6 Å². The predicted octanol–water partition coefficient (Wildman–Crippen LogP) is 2.36. The largest absolute Gasteiger partial charge is 0.434 e. The highest BCUT2D eigenvalue weighted by Crippen LogP contribution is 2.29. The van der Waals surface area contributed by atoms with E-state index in [0.717, 1.165) is 0 Å². The van der Waals surface area contributed by atoms with Gasteiger partial charge in [-0.2, -0.15) is 13.8 Å². The maximum absolute atomic E-state index is 12.2. The smallest absolute Gasteiger partial charge is 0.387 e. The van der Waals surface area contributed by atoms with E-state index in [1.807, 2.05) is 0 Å². The van der Waals surface area contributed by atoms with Crippen molar-refractivity contribution >= 4 is 0 Å². The molecule has 1 heterocycles. The van der Waals surface area contributed by atoms with E-state index in [9.17, 15) is 8.78 Å². The monoisotopic (exact) mass is 255 g/mol. The molecule has 1 atom stereocenters. The van der Waals surface area contributed by atoms with Gasteiger partial charge in [0.25, 0.3) is 5.89 Å². The average Bonchev–Trinajstić information content (AvgIpc) is 2.78. The molecular formula is C11H11F2N3O2. The number of benzene rings is 1. The molecule has 1 aromatic carbocycles. The lowest BCUT2D eigenvalue weighted by Crippen LogP contribution is -2.06. The molecule has 0 radical (unpaired) electrons. The summed E-state index contributed by atoms with van der Waals surface area (Å²) in [5, 5.41) is 3.66. The van der Waals surface area contributed by atoms with Gasteiger partial charge in [0.15, 0.2) is 5.82 Å². The second-order valence-electron chi connectivity index (χ2n) is 3.62. The van der Waals surface area contributed by atoms with Gasteiger partial charge in [0.1, 0.15) is 5.75 Å². The number of halogens is 2. The Morgan fingerprint density at radius 2 is 2.06 bits per heavy atom. The first-order valence-electron chi connectivity index (χ1n) is 5.21. The molecule has 0 bridgehead atoms. The number of alkyl halides is 2. The standard InChI is InChI=1S/C11H11F2N3O2/c1-6(14)9-15-10(18-16-9)7-4-2-3-5-8(7)17-11(12)13/h2-6,11H,14H2,1H3. The zero-order valence-electron chi connectivity index (χ0n) is 9.51. The molecule has 2 rings (SSSR count). The first kappa shape index (κ1) is 12.4. The minimum Gasteiger partial charge on any atom is -0.434 e. The van der Waals surface area contributed by atoms with Gasteiger partial charge in [0.05, 0.1) is 11.6 Å². The van der Waals surface area contributed by atoms with Crippen LogP contribution in [0.5, 0.6) is 5.75 Å². The van der Waals surface area contributed by atoms with Crippen molar-refractivity contribution in [2.45, 2.75) is 19.6 Å². The minimum atomic E-state index is -2.91. The average molecular weight is 255 g/mol. The molecule has 0 aliphatic heterocycles. The van der Waals surface area contributed by atoms with Crippen molar-refractivity contribution in [1.29, 1.82) is 0 Å². The molecule has 0 spiro atoms. The van der Waals surface area contributed by atoms with E-state index < -0.39 is 12.7 Å². The van der Waals surface area contributed by atoms with Crippen molar-refractivity contribution in [3.8, 4) is 17.2 Å². The third-order valence-electron chi connectivity index (χ3n) is 2.18. The summed E-state index contributed by atoms with van der Waals surface area (Å²) in [6.45, 7) is -1.22. The van der Waals surface area contributed by atoms with Crippen LogP contribution in [0.3, 0.4) is 0 Å². The van der Waals surface area contributed by atoms with Crippen LogP contribution in [-0.2, 0) is 0 Å². The Labute approximate surface area is 102 Å². The van der Waals surface area contributed by atoms with Crippen LogP contribution >= 0.6 is 0 Å². The van der Waals surface area contributed by atoms with Crippen LogP contribution in [0.2, 0.25) is 0 Å². The summed E-state index contributed by atoms with van der Waals surface area (Å²) in [5.41, 5.74) is 5.89. The van der Waals surface area contributed by atoms with E-state index in [1.54, 1.807) is 25.1 Å². The highest BCUT2D eigenvalue weighted by Gasteiger charge is 2.17. The Hall–Kier alpha value is -2.02. The first-order chi connectivity index (χ1) is 8.58. The molecule has 2 N–H and O–H groups in total. The van der Waals surface area contributed by atoms with Crippen LogP contribution in [0.15, 0.2) is 28.8 Å². The van der Waals surface area contributed by atoms with Crippen molar-refractivity contribution in [2.24, 2.45) is 5.73 Å². The van der Waals surface area contributed by atoms with E-state index >= 15 is 0 Å². The van der Waals surface area contributed by atoms with Gasteiger partial charge in [-0.1, -0.05) is 17.3 Å². The number of ether oxygens (including phenoxy) is 1. The summed E-state index contributed by atoms with van der Waals surface area (Å²) in [6, 6.07) is 5.78. The van der Waals surface area contributed by atoms with Crippen molar-refractivity contribution in [3.05, 3.63) is 30.1 Å². The zero-order valence-corrected chi connectivity index (χ0v) is 9.51. The summed E-state index contributed by atoms with van der Waals surface area (Å²) in [4.78, 5) is 4.02. The molecule has 96 valence electrons. The van der Waals surface area contributed by atoms with Gasteiger partial charge in [0, 0.05) is 0 Å². The maximum atomic E-state index is 12.2. The molecule has 0 aliphatic carbocycles. The Bertz CT molecular complexity index is 529. The Morgan fingerprint density at radius 3 is 2.67 bits per heavy atom. The fraction of sp³-hybridized carbons (Fsp3) is 0.273. The summed E-state index contributed by atoms with van der Waals surface area (Å²) in [6.07, 6.45) is 0. The molecule has 0 saturated carbocycles. The van der Waals surface area contributed by atoms with Crippen molar-refractivity contribution < 1.29 is 18.0 Å². The molecule has 0 aliphatic rings. The fourth-order valence-electron chi connectivity index (χ4n) is 1.37. The quantitative estimate of drug-likeness (QED) is 0.907. The minimum absolute atomic E-state index is 0.0209. The lowest BCUT2D eigenvalue weighted by atomic mass is 10.2. The van der Waals surface area contributed by atoms with Crippen LogP contribution in [-0.4, -0.2) is 16.8 Å². The van der Waals surface area contributed by atoms with Crippen LogP contribution in [0.4, 0.5) is 8.78 Å². The maximum Gasteiger partial charge on any atom is 0.387 e. The lowest BCUT2D eigenvalue weighted by molar-refractivity contribution is -0.0495. The normalized spacial score (nSPS) is 12.7. The Morgan fingerprint density at radius 1 is 1.33 bits per heavy atom. The predicted molar refractivity (Wildman–Crippen MR) is 59.0 cm³/mol. The third-order valence-corrected chi connectivity index (χ3v) is 2.18. The van der Waals surface area contributed by atoms with Gasteiger partial charge < -0.3 is 15.0 Å². The van der Waals surface area contributed by atoms with E-state index in [4.69, 9.17) is 10.3 Å². The molecular weight excluding hydrogens is 244 g/mol. The lowest BCUT2D eigenvalue weighted by Gasteiger charge is -2.06. The van der Waals surface area contributed by atoms with Gasteiger partial charge in [-0.25, -0.2) is 0 Å². The van der Waals surface area contributed by atoms with Gasteiger partial charge in [-0.15, -0.1) is 0 Å². The Kier molecular flexibility index (Phi) is 3.52. The SMILES string of the molecule is CC(N)c1noc(-c2ccccc2OC(F)F)n1. The molecule has 1 aromatic heterocycles. The van der Waals surface area contributed by atoms with Crippen molar-refractivity contribution in [1.82, 2.24) is 10.1 Å². The molecule has 0 fully saturated rings. The van der Waals surface area contributed by atoms with E-state index in [2.05, 4.69) is 14.9 Å². The third kappa shape index (κ3) is 2.62. The number of nitrogens with two attached hydrogens (primary N) is 1. The van der Waals surface area contributed by atoms with Crippen LogP contribution in [0.25, 0.3) is 11.5 Å². The summed E-state index contributed by atoms with van der Waals surface area (Å²) >= 11 is 0. The van der Waals surface area contributed by atoms with Gasteiger partial charge >= 0.3 is 6.61 Å². The molecule has 18 heavy (non-hydrogen) atoms. The first-order valence-corrected chi connectivity index (χ1v) is 5.21. The summed E-state index contributed by atoms with van der Waals surface area (Å²) in [7, 11) is 0. The highest BCUT2D eigenvalue weighted by atomic mass is 19.3. The topological polar surface area (TPSA) is 74.2 Å². The highest BCUT2D eigenvalue weighted by molar-refractivity contribution is 5.62.